The standard InChI is InChI=1S/C11H12ClNO/c1-6-4-7(12)5-8-9(6)13-10(14)11(8,2)3/h4-5H,1-3H3,(H,13,14). The Morgan fingerprint density at radius 1 is 1.36 bits per heavy atom. The van der Waals surface area contributed by atoms with Gasteiger partial charge in [0.25, 0.3) is 0 Å². The minimum Gasteiger partial charge on any atom is -0.325 e. The van der Waals surface area contributed by atoms with E-state index >= 15 is 0 Å². The van der Waals surface area contributed by atoms with Crippen molar-refractivity contribution in [3.8, 4) is 0 Å². The van der Waals surface area contributed by atoms with Crippen LogP contribution in [0.2, 0.25) is 5.02 Å². The summed E-state index contributed by atoms with van der Waals surface area (Å²) in [4.78, 5) is 11.7. The second-order valence-electron chi connectivity index (χ2n) is 4.22. The van der Waals surface area contributed by atoms with Crippen molar-refractivity contribution in [3.63, 3.8) is 0 Å². The third-order valence-electron chi connectivity index (χ3n) is 2.78. The van der Waals surface area contributed by atoms with Gasteiger partial charge in [-0.05, 0) is 44.0 Å². The number of halogens is 1. The van der Waals surface area contributed by atoms with Crippen molar-refractivity contribution in [2.75, 3.05) is 5.32 Å². The summed E-state index contributed by atoms with van der Waals surface area (Å²) in [6, 6.07) is 3.73. The molecule has 0 radical (unpaired) electrons. The second-order valence-corrected chi connectivity index (χ2v) is 4.66. The van der Waals surface area contributed by atoms with Gasteiger partial charge in [0.2, 0.25) is 5.91 Å². The number of anilines is 1. The van der Waals surface area contributed by atoms with Gasteiger partial charge in [-0.25, -0.2) is 0 Å². The lowest BCUT2D eigenvalue weighted by atomic mass is 9.85. The Labute approximate surface area is 88.3 Å². The van der Waals surface area contributed by atoms with Crippen LogP contribution in [0.25, 0.3) is 0 Å². The first-order valence-corrected chi connectivity index (χ1v) is 4.93. The van der Waals surface area contributed by atoms with Crippen molar-refractivity contribution in [1.29, 1.82) is 0 Å². The topological polar surface area (TPSA) is 29.1 Å². The maximum Gasteiger partial charge on any atom is 0.234 e. The summed E-state index contributed by atoms with van der Waals surface area (Å²) < 4.78 is 0. The van der Waals surface area contributed by atoms with Crippen LogP contribution in [-0.4, -0.2) is 5.91 Å². The highest BCUT2D eigenvalue weighted by Gasteiger charge is 2.39. The maximum atomic E-state index is 11.7. The number of hydrogen-bond acceptors (Lipinski definition) is 1. The molecule has 1 heterocycles. The molecular formula is C11H12ClNO. The van der Waals surface area contributed by atoms with Gasteiger partial charge < -0.3 is 5.32 Å². The number of carbonyl (C=O) groups is 1. The molecule has 0 atom stereocenters. The Morgan fingerprint density at radius 3 is 2.64 bits per heavy atom. The third-order valence-corrected chi connectivity index (χ3v) is 3.00. The van der Waals surface area contributed by atoms with Gasteiger partial charge in [0, 0.05) is 10.7 Å². The van der Waals surface area contributed by atoms with Gasteiger partial charge in [-0.15, -0.1) is 0 Å². The molecule has 74 valence electrons. The number of fused-ring (bicyclic) bond motifs is 1. The van der Waals surface area contributed by atoms with E-state index < -0.39 is 5.41 Å². The lowest BCUT2D eigenvalue weighted by Gasteiger charge is -2.15. The van der Waals surface area contributed by atoms with Gasteiger partial charge in [-0.2, -0.15) is 0 Å². The average molecular weight is 210 g/mol. The van der Waals surface area contributed by atoms with E-state index in [1.54, 1.807) is 0 Å². The van der Waals surface area contributed by atoms with E-state index in [1.165, 1.54) is 0 Å². The van der Waals surface area contributed by atoms with Crippen molar-refractivity contribution in [1.82, 2.24) is 0 Å². The van der Waals surface area contributed by atoms with Crippen LogP contribution in [0.3, 0.4) is 0 Å². The van der Waals surface area contributed by atoms with Gasteiger partial charge in [-0.3, -0.25) is 4.79 Å². The van der Waals surface area contributed by atoms with Crippen LogP contribution >= 0.6 is 11.6 Å². The first-order chi connectivity index (χ1) is 6.43. The van der Waals surface area contributed by atoms with Crippen LogP contribution < -0.4 is 5.32 Å². The van der Waals surface area contributed by atoms with Crippen molar-refractivity contribution in [2.45, 2.75) is 26.2 Å². The molecule has 0 saturated carbocycles. The number of hydrogen-bond donors (Lipinski definition) is 1. The molecule has 0 spiro atoms. The summed E-state index contributed by atoms with van der Waals surface area (Å²) >= 11 is 5.96. The van der Waals surface area contributed by atoms with E-state index in [-0.39, 0.29) is 5.91 Å². The molecule has 0 unspecified atom stereocenters. The molecule has 1 aliphatic heterocycles. The van der Waals surface area contributed by atoms with Crippen LogP contribution in [-0.2, 0) is 10.2 Å². The summed E-state index contributed by atoms with van der Waals surface area (Å²) in [5, 5.41) is 3.57. The van der Waals surface area contributed by atoms with Crippen molar-refractivity contribution in [3.05, 3.63) is 28.3 Å². The van der Waals surface area contributed by atoms with E-state index in [4.69, 9.17) is 11.6 Å². The molecule has 1 amide bonds. The van der Waals surface area contributed by atoms with Crippen molar-refractivity contribution >= 4 is 23.2 Å². The lowest BCUT2D eigenvalue weighted by Crippen LogP contribution is -2.26. The molecule has 14 heavy (non-hydrogen) atoms. The van der Waals surface area contributed by atoms with Crippen LogP contribution in [0.1, 0.15) is 25.0 Å². The summed E-state index contributed by atoms with van der Waals surface area (Å²) in [5.41, 5.74) is 2.47. The molecule has 2 rings (SSSR count). The Morgan fingerprint density at radius 2 is 2.00 bits per heavy atom. The zero-order chi connectivity index (χ0) is 10.5. The molecule has 1 aromatic rings. The first kappa shape index (κ1) is 9.53. The Hall–Kier alpha value is -1.02. The van der Waals surface area contributed by atoms with Gasteiger partial charge in [0.1, 0.15) is 0 Å². The molecule has 0 saturated heterocycles. The quantitative estimate of drug-likeness (QED) is 0.700. The number of carbonyl (C=O) groups excluding carboxylic acids is 1. The lowest BCUT2D eigenvalue weighted by molar-refractivity contribution is -0.119. The minimum atomic E-state index is -0.467. The normalized spacial score (nSPS) is 17.9. The average Bonchev–Trinajstić information content (AvgIpc) is 2.28. The predicted molar refractivity (Wildman–Crippen MR) is 57.8 cm³/mol. The molecular weight excluding hydrogens is 198 g/mol. The zero-order valence-electron chi connectivity index (χ0n) is 8.44. The zero-order valence-corrected chi connectivity index (χ0v) is 9.20. The Balaban J connectivity index is 2.71. The van der Waals surface area contributed by atoms with E-state index in [0.29, 0.717) is 5.02 Å². The predicted octanol–water partition coefficient (Wildman–Crippen LogP) is 2.88. The van der Waals surface area contributed by atoms with Crippen LogP contribution in [0.15, 0.2) is 12.1 Å². The number of nitrogens with one attached hydrogen (secondary N) is 1. The Bertz CT molecular complexity index is 424. The van der Waals surface area contributed by atoms with E-state index in [1.807, 2.05) is 32.9 Å². The number of aryl methyl sites for hydroxylation is 1. The highest BCUT2D eigenvalue weighted by molar-refractivity contribution is 6.31. The van der Waals surface area contributed by atoms with Gasteiger partial charge >= 0.3 is 0 Å². The molecule has 1 aliphatic rings. The van der Waals surface area contributed by atoms with Gasteiger partial charge in [0.15, 0.2) is 0 Å². The molecule has 0 fully saturated rings. The van der Waals surface area contributed by atoms with Crippen molar-refractivity contribution in [2.24, 2.45) is 0 Å². The molecule has 1 aromatic carbocycles. The molecule has 0 aromatic heterocycles. The minimum absolute atomic E-state index is 0.0397. The van der Waals surface area contributed by atoms with E-state index in [2.05, 4.69) is 5.32 Å². The van der Waals surface area contributed by atoms with Gasteiger partial charge in [-0.1, -0.05) is 11.6 Å². The molecule has 0 bridgehead atoms. The summed E-state index contributed by atoms with van der Waals surface area (Å²) in [5.74, 6) is 0.0397. The van der Waals surface area contributed by atoms with Crippen LogP contribution in [0.5, 0.6) is 0 Å². The highest BCUT2D eigenvalue weighted by atomic mass is 35.5. The maximum absolute atomic E-state index is 11.7. The molecule has 3 heteroatoms. The summed E-state index contributed by atoms with van der Waals surface area (Å²) in [6.07, 6.45) is 0. The van der Waals surface area contributed by atoms with Crippen molar-refractivity contribution < 1.29 is 4.79 Å². The molecule has 2 nitrogen and oxygen atoms in total. The fourth-order valence-corrected chi connectivity index (χ4v) is 2.07. The fourth-order valence-electron chi connectivity index (χ4n) is 1.79. The van der Waals surface area contributed by atoms with Gasteiger partial charge in [0.05, 0.1) is 5.41 Å². The van der Waals surface area contributed by atoms with Crippen LogP contribution in [0.4, 0.5) is 5.69 Å². The highest BCUT2D eigenvalue weighted by Crippen LogP contribution is 2.40. The Kier molecular flexibility index (Phi) is 1.86. The van der Waals surface area contributed by atoms with E-state index in [9.17, 15) is 4.79 Å². The number of amides is 1. The monoisotopic (exact) mass is 209 g/mol. The smallest absolute Gasteiger partial charge is 0.234 e. The van der Waals surface area contributed by atoms with Crippen LogP contribution in [0, 0.1) is 6.92 Å². The fraction of sp³-hybridized carbons (Fsp3) is 0.364. The first-order valence-electron chi connectivity index (χ1n) is 4.55. The van der Waals surface area contributed by atoms with E-state index in [0.717, 1.165) is 16.8 Å². The SMILES string of the molecule is Cc1cc(Cl)cc2c1NC(=O)C2(C)C. The molecule has 1 N–H and O–H groups in total. The largest absolute Gasteiger partial charge is 0.325 e. The number of rotatable bonds is 0. The summed E-state index contributed by atoms with van der Waals surface area (Å²) in [7, 11) is 0. The summed E-state index contributed by atoms with van der Waals surface area (Å²) in [6.45, 7) is 5.76. The second kappa shape index (κ2) is 2.74. The third kappa shape index (κ3) is 1.14. The molecule has 0 aliphatic carbocycles. The number of benzene rings is 1.